The quantitative estimate of drug-likeness (QED) is 0.669. The second kappa shape index (κ2) is 8.65. The van der Waals surface area contributed by atoms with Crippen LogP contribution in [0.1, 0.15) is 19.8 Å². The van der Waals surface area contributed by atoms with Crippen LogP contribution in [0.5, 0.6) is 11.8 Å². The lowest BCUT2D eigenvalue weighted by Gasteiger charge is -2.22. The molecule has 1 aliphatic rings. The van der Waals surface area contributed by atoms with E-state index in [2.05, 4.69) is 15.3 Å². The van der Waals surface area contributed by atoms with E-state index in [0.717, 1.165) is 19.0 Å². The van der Waals surface area contributed by atoms with E-state index in [4.69, 9.17) is 21.1 Å². The van der Waals surface area contributed by atoms with Crippen LogP contribution in [-0.4, -0.2) is 46.1 Å². The van der Waals surface area contributed by atoms with Crippen molar-refractivity contribution in [2.24, 2.45) is 5.92 Å². The third-order valence-corrected chi connectivity index (χ3v) is 4.70. The summed E-state index contributed by atoms with van der Waals surface area (Å²) in [6.45, 7) is 0.0517. The standard InChI is InChI=1S/C19H19ClF3N3O4/c1-18(28,12-4-5-12)9-25-17(27)30-14-8-24-16(29-10-19(21,22)23)15(26-14)11-2-6-13(20)7-3-11/h2-3,6-8,12,28H,4-5,9-10H2,1H3,(H,25,27)/t18-/m0/s1. The molecule has 1 atom stereocenters. The highest BCUT2D eigenvalue weighted by molar-refractivity contribution is 6.30. The topological polar surface area (TPSA) is 93.6 Å². The molecule has 1 aromatic carbocycles. The van der Waals surface area contributed by atoms with Gasteiger partial charge in [0.05, 0.1) is 11.8 Å². The predicted octanol–water partition coefficient (Wildman–Crippen LogP) is 3.99. The van der Waals surface area contributed by atoms with Crippen molar-refractivity contribution in [2.45, 2.75) is 31.5 Å². The maximum atomic E-state index is 12.5. The van der Waals surface area contributed by atoms with Gasteiger partial charge in [-0.05, 0) is 37.8 Å². The van der Waals surface area contributed by atoms with E-state index in [1.54, 1.807) is 6.92 Å². The summed E-state index contributed by atoms with van der Waals surface area (Å²) in [5.74, 6) is -0.499. The number of halogens is 4. The van der Waals surface area contributed by atoms with Crippen LogP contribution < -0.4 is 14.8 Å². The van der Waals surface area contributed by atoms with Gasteiger partial charge in [0.1, 0.15) is 5.69 Å². The molecule has 2 N–H and O–H groups in total. The summed E-state index contributed by atoms with van der Waals surface area (Å²) in [6, 6.07) is 6.07. The summed E-state index contributed by atoms with van der Waals surface area (Å²) >= 11 is 5.84. The Balaban J connectivity index is 1.75. The van der Waals surface area contributed by atoms with E-state index in [1.165, 1.54) is 24.3 Å². The number of nitrogens with one attached hydrogen (secondary N) is 1. The van der Waals surface area contributed by atoms with Gasteiger partial charge in [0.2, 0.25) is 11.8 Å². The van der Waals surface area contributed by atoms with Crippen molar-refractivity contribution in [2.75, 3.05) is 13.2 Å². The predicted molar refractivity (Wildman–Crippen MR) is 101 cm³/mol. The van der Waals surface area contributed by atoms with Crippen molar-refractivity contribution in [1.29, 1.82) is 0 Å². The van der Waals surface area contributed by atoms with Crippen molar-refractivity contribution in [3.8, 4) is 23.0 Å². The van der Waals surface area contributed by atoms with Crippen LogP contribution in [0, 0.1) is 5.92 Å². The third-order valence-electron chi connectivity index (χ3n) is 4.45. The van der Waals surface area contributed by atoms with Gasteiger partial charge in [-0.15, -0.1) is 0 Å². The Hall–Kier alpha value is -2.59. The molecule has 1 saturated carbocycles. The van der Waals surface area contributed by atoms with E-state index in [9.17, 15) is 23.1 Å². The van der Waals surface area contributed by atoms with Gasteiger partial charge < -0.3 is 19.9 Å². The zero-order valence-corrected chi connectivity index (χ0v) is 16.6. The van der Waals surface area contributed by atoms with E-state index in [-0.39, 0.29) is 29.9 Å². The second-order valence-electron chi connectivity index (χ2n) is 7.15. The molecule has 1 aromatic heterocycles. The summed E-state index contributed by atoms with van der Waals surface area (Å²) in [7, 11) is 0. The van der Waals surface area contributed by atoms with Gasteiger partial charge >= 0.3 is 12.3 Å². The Labute approximate surface area is 175 Å². The van der Waals surface area contributed by atoms with Gasteiger partial charge in [0, 0.05) is 17.1 Å². The molecule has 3 rings (SSSR count). The minimum atomic E-state index is -4.56. The molecule has 0 aliphatic heterocycles. The molecule has 1 heterocycles. The molecule has 2 aromatic rings. The van der Waals surface area contributed by atoms with Crippen LogP contribution in [0.2, 0.25) is 5.02 Å². The molecule has 1 amide bonds. The molecule has 0 unspecified atom stereocenters. The average molecular weight is 446 g/mol. The highest BCUT2D eigenvalue weighted by atomic mass is 35.5. The number of hydrogen-bond donors (Lipinski definition) is 2. The zero-order valence-electron chi connectivity index (χ0n) is 15.9. The first-order chi connectivity index (χ1) is 14.0. The Bertz CT molecular complexity index is 903. The maximum Gasteiger partial charge on any atom is 0.422 e. The number of carbonyl (C=O) groups is 1. The number of carbonyl (C=O) groups excluding carboxylic acids is 1. The summed E-state index contributed by atoms with van der Waals surface area (Å²) in [5, 5.41) is 13.1. The molecule has 0 bridgehead atoms. The first-order valence-electron chi connectivity index (χ1n) is 9.04. The minimum absolute atomic E-state index is 0.0131. The SMILES string of the molecule is C[C@](O)(CNC(=O)Oc1cnc(OCC(F)(F)F)c(-c2ccc(Cl)cc2)n1)C1CC1. The molecule has 0 saturated heterocycles. The van der Waals surface area contributed by atoms with E-state index < -0.39 is 24.5 Å². The number of hydrogen-bond acceptors (Lipinski definition) is 6. The first kappa shape index (κ1) is 22.1. The molecule has 7 nitrogen and oxygen atoms in total. The summed E-state index contributed by atoms with van der Waals surface area (Å²) in [4.78, 5) is 19.9. The van der Waals surface area contributed by atoms with Crippen LogP contribution in [0.3, 0.4) is 0 Å². The smallest absolute Gasteiger partial charge is 0.422 e. The summed E-state index contributed by atoms with van der Waals surface area (Å²) in [6.07, 6.45) is -2.69. The van der Waals surface area contributed by atoms with Crippen molar-refractivity contribution >= 4 is 17.7 Å². The molecule has 0 spiro atoms. The van der Waals surface area contributed by atoms with Crippen LogP contribution in [0.25, 0.3) is 11.3 Å². The number of amides is 1. The molecule has 0 radical (unpaired) electrons. The van der Waals surface area contributed by atoms with E-state index in [0.29, 0.717) is 10.6 Å². The monoisotopic (exact) mass is 445 g/mol. The lowest BCUT2D eigenvalue weighted by Crippen LogP contribution is -2.43. The minimum Gasteiger partial charge on any atom is -0.466 e. The Morgan fingerprint density at radius 2 is 1.97 bits per heavy atom. The fourth-order valence-electron chi connectivity index (χ4n) is 2.69. The summed E-state index contributed by atoms with van der Waals surface area (Å²) < 4.78 is 47.4. The summed E-state index contributed by atoms with van der Waals surface area (Å²) in [5.41, 5.74) is -0.730. The van der Waals surface area contributed by atoms with Crippen LogP contribution in [-0.2, 0) is 0 Å². The number of alkyl halides is 3. The van der Waals surface area contributed by atoms with Crippen molar-refractivity contribution < 1.29 is 32.5 Å². The Morgan fingerprint density at radius 1 is 1.30 bits per heavy atom. The number of aromatic nitrogens is 2. The van der Waals surface area contributed by atoms with Crippen molar-refractivity contribution in [3.05, 3.63) is 35.5 Å². The van der Waals surface area contributed by atoms with Gasteiger partial charge in [0.25, 0.3) is 0 Å². The van der Waals surface area contributed by atoms with Gasteiger partial charge in [-0.25, -0.2) is 14.8 Å². The highest BCUT2D eigenvalue weighted by Crippen LogP contribution is 2.39. The molecular formula is C19H19ClF3N3O4. The van der Waals surface area contributed by atoms with Gasteiger partial charge in [-0.3, -0.25) is 0 Å². The average Bonchev–Trinajstić information content (AvgIpc) is 3.51. The highest BCUT2D eigenvalue weighted by Gasteiger charge is 2.40. The van der Waals surface area contributed by atoms with Crippen LogP contribution in [0.4, 0.5) is 18.0 Å². The zero-order chi connectivity index (χ0) is 21.9. The second-order valence-corrected chi connectivity index (χ2v) is 7.58. The fourth-order valence-corrected chi connectivity index (χ4v) is 2.82. The lowest BCUT2D eigenvalue weighted by molar-refractivity contribution is -0.154. The van der Waals surface area contributed by atoms with Gasteiger partial charge in [-0.2, -0.15) is 13.2 Å². The van der Waals surface area contributed by atoms with Gasteiger partial charge in [-0.1, -0.05) is 23.7 Å². The molecule has 30 heavy (non-hydrogen) atoms. The molecule has 162 valence electrons. The van der Waals surface area contributed by atoms with Crippen LogP contribution >= 0.6 is 11.6 Å². The lowest BCUT2D eigenvalue weighted by atomic mass is 10.0. The number of nitrogens with zero attached hydrogens (tertiary/aromatic N) is 2. The van der Waals surface area contributed by atoms with Gasteiger partial charge in [0.15, 0.2) is 6.61 Å². The number of aliphatic hydroxyl groups is 1. The van der Waals surface area contributed by atoms with E-state index in [1.807, 2.05) is 0 Å². The Morgan fingerprint density at radius 3 is 2.57 bits per heavy atom. The fraction of sp³-hybridized carbons (Fsp3) is 0.421. The normalized spacial score (nSPS) is 15.9. The molecule has 1 aliphatic carbocycles. The maximum absolute atomic E-state index is 12.5. The van der Waals surface area contributed by atoms with Crippen LogP contribution in [0.15, 0.2) is 30.5 Å². The number of benzene rings is 1. The molecular weight excluding hydrogens is 427 g/mol. The van der Waals surface area contributed by atoms with Crippen molar-refractivity contribution in [1.82, 2.24) is 15.3 Å². The molecule has 1 fully saturated rings. The first-order valence-corrected chi connectivity index (χ1v) is 9.42. The van der Waals surface area contributed by atoms with E-state index >= 15 is 0 Å². The number of rotatable bonds is 7. The largest absolute Gasteiger partial charge is 0.466 e. The van der Waals surface area contributed by atoms with Crippen molar-refractivity contribution in [3.63, 3.8) is 0 Å². The number of ether oxygens (including phenoxy) is 2. The third kappa shape index (κ3) is 6.20. The Kier molecular flexibility index (Phi) is 6.37. The molecule has 11 heteroatoms.